The van der Waals surface area contributed by atoms with Gasteiger partial charge in [-0.25, -0.2) is 9.13 Å². The van der Waals surface area contributed by atoms with Gasteiger partial charge < -0.3 is 48.7 Å². The topological polar surface area (TPSA) is 245 Å². The van der Waals surface area contributed by atoms with Crippen molar-refractivity contribution in [3.8, 4) is 0 Å². The van der Waals surface area contributed by atoms with Crippen LogP contribution < -0.4 is 0 Å². The van der Waals surface area contributed by atoms with Crippen LogP contribution in [0.2, 0.25) is 0 Å². The third-order valence-electron chi connectivity index (χ3n) is 11.1. The quantitative estimate of drug-likeness (QED) is 0.0196. The Balaban J connectivity index is 3.01. The predicted molar refractivity (Wildman–Crippen MR) is 223 cm³/mol. The summed E-state index contributed by atoms with van der Waals surface area (Å²) in [5.41, 5.74) is -1.29. The second-order valence-corrected chi connectivity index (χ2v) is 18.8. The van der Waals surface area contributed by atoms with Crippen molar-refractivity contribution in [3.05, 3.63) is 0 Å². The monoisotopic (exact) mass is 890 g/mol. The molecule has 0 bridgehead atoms. The lowest BCUT2D eigenvalue weighted by molar-refractivity contribution is -0.290. The van der Waals surface area contributed by atoms with Gasteiger partial charge in [-0.1, -0.05) is 143 Å². The number of ether oxygens (including phenoxy) is 4. The van der Waals surface area contributed by atoms with Gasteiger partial charge in [0.2, 0.25) is 0 Å². The summed E-state index contributed by atoms with van der Waals surface area (Å²) in [6, 6.07) is 0. The number of unbranched alkanes of at least 4 members (excludes halogenated alkanes) is 18. The molecule has 1 fully saturated rings. The zero-order valence-electron chi connectivity index (χ0n) is 36.4. The minimum atomic E-state index is -5.21. The van der Waals surface area contributed by atoms with Crippen LogP contribution in [-0.4, -0.2) is 98.9 Å². The van der Waals surface area contributed by atoms with E-state index in [4.69, 9.17) is 23.5 Å². The summed E-state index contributed by atoms with van der Waals surface area (Å²) in [5, 5.41) is 20.3. The van der Waals surface area contributed by atoms with Crippen LogP contribution >= 0.6 is 15.6 Å². The van der Waals surface area contributed by atoms with Crippen LogP contribution in [0.1, 0.15) is 182 Å². The van der Waals surface area contributed by atoms with Crippen molar-refractivity contribution in [2.24, 2.45) is 11.3 Å². The minimum Gasteiger partial charge on any atom is -0.462 e. The molecule has 6 N–H and O–H groups in total. The summed E-state index contributed by atoms with van der Waals surface area (Å²) in [7, 11) is -10.1. The number of carbonyl (C=O) groups excluding carboxylic acids is 2. The van der Waals surface area contributed by atoms with Crippen molar-refractivity contribution in [2.45, 2.75) is 213 Å². The fraction of sp³-hybridized carbons (Fsp3) is 0.951. The number of aliphatic hydroxyl groups is 2. The van der Waals surface area contributed by atoms with Crippen LogP contribution in [0.5, 0.6) is 0 Å². The van der Waals surface area contributed by atoms with E-state index in [1.165, 1.54) is 77.6 Å². The van der Waals surface area contributed by atoms with Crippen LogP contribution in [-0.2, 0) is 46.7 Å². The van der Waals surface area contributed by atoms with Crippen molar-refractivity contribution in [3.63, 3.8) is 0 Å². The van der Waals surface area contributed by atoms with Crippen molar-refractivity contribution in [1.29, 1.82) is 0 Å². The third-order valence-corrected chi connectivity index (χ3v) is 12.1. The summed E-state index contributed by atoms with van der Waals surface area (Å²) >= 11 is 0. The maximum Gasteiger partial charge on any atom is 0.470 e. The summed E-state index contributed by atoms with van der Waals surface area (Å²) < 4.78 is 56.5. The molecule has 3 unspecified atom stereocenters. The molecule has 1 aliphatic heterocycles. The molecule has 0 aliphatic carbocycles. The van der Waals surface area contributed by atoms with E-state index in [2.05, 4.69) is 18.4 Å². The Morgan fingerprint density at radius 3 is 1.64 bits per heavy atom. The molecule has 59 heavy (non-hydrogen) atoms. The van der Waals surface area contributed by atoms with Crippen LogP contribution in [0.25, 0.3) is 0 Å². The normalized spacial score (nSPS) is 21.6. The molecule has 1 saturated heterocycles. The lowest BCUT2D eigenvalue weighted by Crippen LogP contribution is -2.58. The number of hydrogen-bond donors (Lipinski definition) is 6. The molecular weight excluding hydrogens is 810 g/mol. The molecule has 350 valence electrons. The van der Waals surface area contributed by atoms with Crippen molar-refractivity contribution in [2.75, 3.05) is 26.4 Å². The molecule has 0 spiro atoms. The van der Waals surface area contributed by atoms with Crippen molar-refractivity contribution < 1.29 is 76.5 Å². The zero-order valence-corrected chi connectivity index (χ0v) is 38.2. The van der Waals surface area contributed by atoms with E-state index >= 15 is 0 Å². The van der Waals surface area contributed by atoms with E-state index in [-0.39, 0.29) is 25.9 Å². The molecule has 18 heteroatoms. The van der Waals surface area contributed by atoms with Crippen molar-refractivity contribution >= 4 is 27.6 Å². The first-order valence-corrected chi connectivity index (χ1v) is 25.4. The van der Waals surface area contributed by atoms with Gasteiger partial charge in [0.25, 0.3) is 0 Å². The van der Waals surface area contributed by atoms with Gasteiger partial charge in [-0.3, -0.25) is 18.6 Å². The van der Waals surface area contributed by atoms with Gasteiger partial charge in [0.05, 0.1) is 32.8 Å². The molecular formula is C41H80O16P2. The summed E-state index contributed by atoms with van der Waals surface area (Å²) in [6.45, 7) is 5.22. The number of phosphoric ester groups is 2. The molecule has 1 rings (SSSR count). The lowest BCUT2D eigenvalue weighted by atomic mass is 9.87. The van der Waals surface area contributed by atoms with Gasteiger partial charge in [-0.15, -0.1) is 0 Å². The second-order valence-electron chi connectivity index (χ2n) is 16.4. The van der Waals surface area contributed by atoms with E-state index < -0.39 is 89.4 Å². The van der Waals surface area contributed by atoms with Gasteiger partial charge in [-0.2, -0.15) is 0 Å². The van der Waals surface area contributed by atoms with E-state index in [9.17, 15) is 48.5 Å². The molecule has 1 aliphatic rings. The van der Waals surface area contributed by atoms with Gasteiger partial charge in [0.1, 0.15) is 24.4 Å². The van der Waals surface area contributed by atoms with Gasteiger partial charge >= 0.3 is 27.6 Å². The van der Waals surface area contributed by atoms with Crippen LogP contribution in [0.3, 0.4) is 0 Å². The maximum atomic E-state index is 13.6. The number of hydrogen-bond acceptors (Lipinski definition) is 12. The molecule has 0 aromatic rings. The number of esters is 2. The van der Waals surface area contributed by atoms with Crippen molar-refractivity contribution in [1.82, 2.24) is 0 Å². The number of phosphoric acid groups is 2. The molecule has 0 aromatic carbocycles. The Morgan fingerprint density at radius 2 is 1.19 bits per heavy atom. The van der Waals surface area contributed by atoms with Crippen LogP contribution in [0.4, 0.5) is 0 Å². The number of rotatable bonds is 37. The maximum absolute atomic E-state index is 13.6. The molecule has 0 amide bonds. The fourth-order valence-corrected chi connectivity index (χ4v) is 8.23. The molecule has 0 radical (unpaired) electrons. The number of carbonyl (C=O) groups is 2. The largest absolute Gasteiger partial charge is 0.470 e. The Bertz CT molecular complexity index is 1190. The Hall–Kier alpha value is -1.00. The highest BCUT2D eigenvalue weighted by atomic mass is 31.2. The first-order valence-electron chi connectivity index (χ1n) is 22.3. The van der Waals surface area contributed by atoms with E-state index in [1.807, 2.05) is 0 Å². The van der Waals surface area contributed by atoms with E-state index in [1.54, 1.807) is 6.92 Å². The average molecular weight is 891 g/mol. The molecule has 16 nitrogen and oxygen atoms in total. The predicted octanol–water partition coefficient (Wildman–Crippen LogP) is 8.17. The van der Waals surface area contributed by atoms with Gasteiger partial charge in [0.15, 0.2) is 6.29 Å². The van der Waals surface area contributed by atoms with Crippen LogP contribution in [0, 0.1) is 11.3 Å². The summed E-state index contributed by atoms with van der Waals surface area (Å²) in [5.74, 6) is -2.21. The smallest absolute Gasteiger partial charge is 0.462 e. The van der Waals surface area contributed by atoms with Gasteiger partial charge in [0, 0.05) is 17.8 Å². The third kappa shape index (κ3) is 26.3. The highest BCUT2D eigenvalue weighted by Gasteiger charge is 2.50. The minimum absolute atomic E-state index is 0.161. The first-order chi connectivity index (χ1) is 28.0. The SMILES string of the molecule is CCCCCCCCCCCCCC(=O)O[C@H](CCCCCCCCCCC)CC(=O)O[C@@H]1[C@H](C)C(OCC(CC)(CO)COP(=O)(O)O)OC(CO)[C@H]1OP(=O)(O)O. The average Bonchev–Trinajstić information content (AvgIpc) is 3.17. The summed E-state index contributed by atoms with van der Waals surface area (Å²) in [6.07, 6.45) is 16.2. The lowest BCUT2D eigenvalue weighted by Gasteiger charge is -2.45. The standard InChI is InChI=1S/C41H80O16P2/c1-5-8-10-12-14-16-17-19-21-23-25-27-36(44)54-34(26-24-22-20-18-15-13-11-9-6-2)28-37(45)56-38-33(4)40(55-35(29-42)39(38)57-59(49,50)51)52-31-41(7-3,30-43)32-53-58(46,47)48/h33-35,38-40,42-43H,5-32H2,1-4H3,(H2,46,47,48)(H2,49,50,51)/t33-,34+,35?,38+,39+,40?,41?/m0/s1. The van der Waals surface area contributed by atoms with E-state index in [0.29, 0.717) is 19.3 Å². The number of aliphatic hydroxyl groups excluding tert-OH is 2. The summed E-state index contributed by atoms with van der Waals surface area (Å²) in [4.78, 5) is 64.6. The molecule has 1 heterocycles. The Morgan fingerprint density at radius 1 is 0.678 bits per heavy atom. The first kappa shape index (κ1) is 56.0. The Labute approximate surface area is 353 Å². The molecule has 0 saturated carbocycles. The molecule has 0 aromatic heterocycles. The molecule has 7 atom stereocenters. The highest BCUT2D eigenvalue weighted by Crippen LogP contribution is 2.44. The second kappa shape index (κ2) is 31.8. The van der Waals surface area contributed by atoms with Gasteiger partial charge in [-0.05, 0) is 25.7 Å². The zero-order chi connectivity index (χ0) is 44.2. The van der Waals surface area contributed by atoms with Crippen LogP contribution in [0.15, 0.2) is 0 Å². The Kier molecular flexibility index (Phi) is 30.2. The van der Waals surface area contributed by atoms with E-state index in [0.717, 1.165) is 44.9 Å². The highest BCUT2D eigenvalue weighted by molar-refractivity contribution is 7.46. The fourth-order valence-electron chi connectivity index (χ4n) is 7.22.